The van der Waals surface area contributed by atoms with Crippen molar-refractivity contribution in [2.75, 3.05) is 20.1 Å². The highest BCUT2D eigenvalue weighted by Crippen LogP contribution is 2.42. The van der Waals surface area contributed by atoms with Crippen LogP contribution in [0.4, 0.5) is 4.79 Å². The molecule has 1 unspecified atom stereocenters. The van der Waals surface area contributed by atoms with Gasteiger partial charge in [-0.3, -0.25) is 9.78 Å². The quantitative estimate of drug-likeness (QED) is 0.407. The maximum Gasteiger partial charge on any atom is 0.411 e. The monoisotopic (exact) mass is 541 g/mol. The maximum atomic E-state index is 13.4. The van der Waals surface area contributed by atoms with Gasteiger partial charge in [0.2, 0.25) is 5.91 Å². The van der Waals surface area contributed by atoms with Gasteiger partial charge in [-0.1, -0.05) is 60.7 Å². The summed E-state index contributed by atoms with van der Waals surface area (Å²) in [5.74, 6) is 0.114. The number of aromatic nitrogens is 1. The Labute approximate surface area is 236 Å². The van der Waals surface area contributed by atoms with Gasteiger partial charge in [-0.2, -0.15) is 0 Å². The molecule has 0 saturated carbocycles. The highest BCUT2D eigenvalue weighted by atomic mass is 16.6. The van der Waals surface area contributed by atoms with Gasteiger partial charge in [0, 0.05) is 44.7 Å². The van der Waals surface area contributed by atoms with Crippen LogP contribution in [0.5, 0.6) is 0 Å². The molecule has 2 aromatic carbocycles. The molecular weight excluding hydrogens is 502 g/mol. The van der Waals surface area contributed by atoms with Crippen molar-refractivity contribution in [3.05, 3.63) is 89.7 Å². The highest BCUT2D eigenvalue weighted by Gasteiger charge is 2.46. The van der Waals surface area contributed by atoms with Gasteiger partial charge in [-0.05, 0) is 56.9 Å². The van der Waals surface area contributed by atoms with Crippen molar-refractivity contribution < 1.29 is 19.4 Å². The molecular formula is C33H39N3O4. The van der Waals surface area contributed by atoms with Crippen LogP contribution in [0.1, 0.15) is 69.8 Å². The molecule has 2 fully saturated rings. The fourth-order valence-corrected chi connectivity index (χ4v) is 6.18. The molecule has 0 spiro atoms. The molecule has 2 aliphatic heterocycles. The molecule has 1 aromatic heterocycles. The Bertz CT molecular complexity index is 1370. The summed E-state index contributed by atoms with van der Waals surface area (Å²) in [5.41, 5.74) is 2.27. The van der Waals surface area contributed by atoms with Crippen LogP contribution in [-0.4, -0.2) is 57.6 Å². The number of benzene rings is 2. The first kappa shape index (κ1) is 27.8. The molecule has 3 aromatic rings. The average molecular weight is 542 g/mol. The molecule has 7 heteroatoms. The van der Waals surface area contributed by atoms with E-state index in [4.69, 9.17) is 4.74 Å². The van der Waals surface area contributed by atoms with Gasteiger partial charge in [0.1, 0.15) is 5.60 Å². The fourth-order valence-electron chi connectivity index (χ4n) is 6.18. The Kier molecular flexibility index (Phi) is 7.21. The topological polar surface area (TPSA) is 83.0 Å². The molecule has 0 aliphatic carbocycles. The zero-order chi connectivity index (χ0) is 28.7. The van der Waals surface area contributed by atoms with Gasteiger partial charge >= 0.3 is 6.09 Å². The van der Waals surface area contributed by atoms with Crippen molar-refractivity contribution in [2.24, 2.45) is 0 Å². The number of rotatable bonds is 7. The van der Waals surface area contributed by atoms with Crippen molar-refractivity contribution >= 4 is 12.0 Å². The van der Waals surface area contributed by atoms with E-state index < -0.39 is 16.6 Å². The number of hydrogen-bond acceptors (Lipinski definition) is 5. The van der Waals surface area contributed by atoms with Crippen molar-refractivity contribution in [3.8, 4) is 11.1 Å². The lowest BCUT2D eigenvalue weighted by Crippen LogP contribution is -2.51. The van der Waals surface area contributed by atoms with Crippen LogP contribution >= 0.6 is 0 Å². The molecule has 40 heavy (non-hydrogen) atoms. The van der Waals surface area contributed by atoms with E-state index in [2.05, 4.69) is 4.98 Å². The number of likely N-dealkylation sites (N-methyl/N-ethyl adjacent to an activating group) is 1. The van der Waals surface area contributed by atoms with Crippen molar-refractivity contribution in [1.82, 2.24) is 14.8 Å². The van der Waals surface area contributed by atoms with Crippen molar-refractivity contribution in [2.45, 2.75) is 69.6 Å². The molecule has 2 amide bonds. The zero-order valence-electron chi connectivity index (χ0n) is 24.1. The Morgan fingerprint density at radius 3 is 2.20 bits per heavy atom. The van der Waals surface area contributed by atoms with Gasteiger partial charge in [-0.25, -0.2) is 4.79 Å². The zero-order valence-corrected chi connectivity index (χ0v) is 24.1. The number of hydrogen-bond donors (Lipinski definition) is 1. The predicted octanol–water partition coefficient (Wildman–Crippen LogP) is 5.83. The van der Waals surface area contributed by atoms with Crippen LogP contribution in [0.2, 0.25) is 0 Å². The lowest BCUT2D eigenvalue weighted by molar-refractivity contribution is -0.131. The number of nitrogens with zero attached hydrogens (tertiary/aromatic N) is 3. The van der Waals surface area contributed by atoms with Crippen LogP contribution < -0.4 is 0 Å². The minimum absolute atomic E-state index is 0.114. The van der Waals surface area contributed by atoms with E-state index in [0.717, 1.165) is 40.9 Å². The minimum Gasteiger partial charge on any atom is -0.438 e. The summed E-state index contributed by atoms with van der Waals surface area (Å²) in [7, 11) is 1.84. The maximum absolute atomic E-state index is 13.4. The lowest BCUT2D eigenvalue weighted by Gasteiger charge is -2.45. The van der Waals surface area contributed by atoms with E-state index in [9.17, 15) is 14.7 Å². The van der Waals surface area contributed by atoms with Gasteiger partial charge < -0.3 is 19.6 Å². The van der Waals surface area contributed by atoms with Gasteiger partial charge in [0.05, 0.1) is 22.8 Å². The predicted molar refractivity (Wildman–Crippen MR) is 155 cm³/mol. The third-order valence-corrected chi connectivity index (χ3v) is 8.58. The van der Waals surface area contributed by atoms with Crippen LogP contribution in [-0.2, 0) is 20.5 Å². The number of likely N-dealkylation sites (tertiary alicyclic amines) is 1. The number of carbonyl (C=O) groups is 2. The average Bonchev–Trinajstić information content (AvgIpc) is 3.21. The number of cyclic esters (lactones) is 1. The molecule has 5 rings (SSSR count). The first-order chi connectivity index (χ1) is 18.9. The lowest BCUT2D eigenvalue weighted by atomic mass is 9.80. The summed E-state index contributed by atoms with van der Waals surface area (Å²) < 4.78 is 6.15. The highest BCUT2D eigenvalue weighted by molar-refractivity contribution is 5.89. The molecule has 2 aliphatic rings. The van der Waals surface area contributed by atoms with Gasteiger partial charge in [-0.15, -0.1) is 0 Å². The van der Waals surface area contributed by atoms with Crippen LogP contribution in [0.25, 0.3) is 11.1 Å². The molecule has 3 atom stereocenters. The number of pyridine rings is 1. The Morgan fingerprint density at radius 1 is 0.975 bits per heavy atom. The Balaban J connectivity index is 1.30. The van der Waals surface area contributed by atoms with Gasteiger partial charge in [0.15, 0.2) is 0 Å². The second-order valence-corrected chi connectivity index (χ2v) is 12.2. The molecule has 0 bridgehead atoms. The SMILES string of the molecule is C[C@@H](c1ccc(-c2ccc(C3(C)CCN(C)C3=O)nc2)cc1)N1CC[C@](CC(C)(C)O)(c2ccccc2)OC1=O. The van der Waals surface area contributed by atoms with Gasteiger partial charge in [0.25, 0.3) is 0 Å². The number of aliphatic hydroxyl groups is 1. The third-order valence-electron chi connectivity index (χ3n) is 8.58. The molecule has 210 valence electrons. The van der Waals surface area contributed by atoms with E-state index in [0.29, 0.717) is 19.4 Å². The van der Waals surface area contributed by atoms with Crippen LogP contribution in [0.15, 0.2) is 72.9 Å². The van der Waals surface area contributed by atoms with E-state index in [1.807, 2.05) is 93.8 Å². The number of carbonyl (C=O) groups excluding carboxylic acids is 2. The second kappa shape index (κ2) is 10.4. The molecule has 1 N–H and O–H groups in total. The first-order valence-corrected chi connectivity index (χ1v) is 14.0. The fraction of sp³-hybridized carbons (Fsp3) is 0.424. The third kappa shape index (κ3) is 5.22. The van der Waals surface area contributed by atoms with E-state index in [1.54, 1.807) is 23.6 Å². The largest absolute Gasteiger partial charge is 0.438 e. The molecule has 2 saturated heterocycles. The summed E-state index contributed by atoms with van der Waals surface area (Å²) in [6.07, 6.45) is 3.13. The summed E-state index contributed by atoms with van der Waals surface area (Å²) in [5, 5.41) is 10.6. The molecule has 7 nitrogen and oxygen atoms in total. The minimum atomic E-state index is -0.993. The first-order valence-electron chi connectivity index (χ1n) is 14.0. The number of ether oxygens (including phenoxy) is 1. The van der Waals surface area contributed by atoms with E-state index >= 15 is 0 Å². The van der Waals surface area contributed by atoms with Crippen molar-refractivity contribution in [1.29, 1.82) is 0 Å². The number of amides is 2. The van der Waals surface area contributed by atoms with E-state index in [-0.39, 0.29) is 18.0 Å². The summed E-state index contributed by atoms with van der Waals surface area (Å²) >= 11 is 0. The summed E-state index contributed by atoms with van der Waals surface area (Å²) in [6, 6.07) is 21.7. The Morgan fingerprint density at radius 2 is 1.65 bits per heavy atom. The summed E-state index contributed by atoms with van der Waals surface area (Å²) in [4.78, 5) is 34.2. The van der Waals surface area contributed by atoms with Crippen LogP contribution in [0.3, 0.4) is 0 Å². The second-order valence-electron chi connectivity index (χ2n) is 12.2. The van der Waals surface area contributed by atoms with Crippen LogP contribution in [0, 0.1) is 0 Å². The van der Waals surface area contributed by atoms with Crippen molar-refractivity contribution in [3.63, 3.8) is 0 Å². The summed E-state index contributed by atoms with van der Waals surface area (Å²) in [6.45, 7) is 8.74. The standard InChI is InChI=1S/C33H39N3O4/c1-23(36-20-18-33(40-30(36)38,22-31(2,3)39)27-9-7-6-8-10-27)24-11-13-25(14-12-24)26-15-16-28(34-21-26)32(4)17-19-35(5)29(32)37/h6-16,21,23,39H,17-20,22H2,1-5H3/t23-,32?,33-/m0/s1. The molecule has 3 heterocycles. The smallest absolute Gasteiger partial charge is 0.411 e. The normalized spacial score (nSPS) is 24.2. The Hall–Kier alpha value is -3.71. The molecule has 0 radical (unpaired) electrons. The van der Waals surface area contributed by atoms with E-state index in [1.165, 1.54) is 0 Å².